The molecule has 5 N–H and O–H groups in total. The molecule has 1 aromatic rings. The van der Waals surface area contributed by atoms with Gasteiger partial charge < -0.3 is 30.5 Å². The molecule has 3 rings (SSSR count). The van der Waals surface area contributed by atoms with Gasteiger partial charge in [-0.3, -0.25) is 13.9 Å². The van der Waals surface area contributed by atoms with E-state index in [4.69, 9.17) is 8.92 Å². The summed E-state index contributed by atoms with van der Waals surface area (Å²) in [5, 5.41) is 43.8. The average molecular weight is 619 g/mol. The molecule has 232 valence electrons. The highest BCUT2D eigenvalue weighted by Gasteiger charge is 2.48. The first-order valence-electron chi connectivity index (χ1n) is 13.7. The minimum absolute atomic E-state index is 0.0384. The Bertz CT molecular complexity index is 1130. The van der Waals surface area contributed by atoms with Crippen LogP contribution in [0.4, 0.5) is 4.79 Å². The van der Waals surface area contributed by atoms with Crippen LogP contribution in [0.2, 0.25) is 0 Å². The number of aliphatic hydroxyl groups is 3. The monoisotopic (exact) mass is 618 g/mol. The van der Waals surface area contributed by atoms with Crippen LogP contribution in [0.25, 0.3) is 0 Å². The van der Waals surface area contributed by atoms with E-state index in [1.54, 1.807) is 32.2 Å². The first-order chi connectivity index (χ1) is 19.3. The van der Waals surface area contributed by atoms with E-state index in [2.05, 4.69) is 5.32 Å². The van der Waals surface area contributed by atoms with E-state index < -0.39 is 64.1 Å². The number of thioether (sulfide) groups is 1. The molecule has 2 saturated heterocycles. The lowest BCUT2D eigenvalue weighted by Crippen LogP contribution is -2.65. The topological polar surface area (TPSA) is 183 Å². The van der Waals surface area contributed by atoms with Crippen LogP contribution in [0.1, 0.15) is 45.1 Å². The molecule has 41 heavy (non-hydrogen) atoms. The number of hydrogen-bond acceptors (Lipinski definition) is 10. The van der Waals surface area contributed by atoms with Crippen LogP contribution >= 0.6 is 11.8 Å². The number of ether oxygens (including phenoxy) is 1. The van der Waals surface area contributed by atoms with Crippen molar-refractivity contribution in [2.24, 2.45) is 11.8 Å². The molecule has 2 amide bonds. The molecule has 0 spiro atoms. The minimum atomic E-state index is -3.89. The van der Waals surface area contributed by atoms with Crippen molar-refractivity contribution in [3.8, 4) is 0 Å². The molecule has 8 atom stereocenters. The number of amides is 2. The third kappa shape index (κ3) is 8.33. The molecule has 0 aromatic heterocycles. The quantitative estimate of drug-likeness (QED) is 0.179. The highest BCUT2D eigenvalue weighted by molar-refractivity contribution is 7.99. The fraction of sp³-hybridized carbons (Fsp3) is 0.704. The summed E-state index contributed by atoms with van der Waals surface area (Å²) in [6.45, 7) is 5.55. The Morgan fingerprint density at radius 3 is 2.39 bits per heavy atom. The lowest BCUT2D eigenvalue weighted by Gasteiger charge is -2.45. The summed E-state index contributed by atoms with van der Waals surface area (Å²) in [4.78, 5) is 26.6. The van der Waals surface area contributed by atoms with E-state index in [1.807, 2.05) is 6.92 Å². The third-order valence-electron chi connectivity index (χ3n) is 7.78. The van der Waals surface area contributed by atoms with Gasteiger partial charge in [-0.05, 0) is 62.8 Å². The molecule has 2 aliphatic heterocycles. The van der Waals surface area contributed by atoms with E-state index in [9.17, 15) is 38.4 Å². The number of carboxylic acid groups (broad SMARTS) is 1. The predicted molar refractivity (Wildman–Crippen MR) is 152 cm³/mol. The van der Waals surface area contributed by atoms with Crippen LogP contribution in [0.15, 0.2) is 29.2 Å². The number of likely N-dealkylation sites (tertiary alicyclic amines) is 1. The Labute approximate surface area is 245 Å². The van der Waals surface area contributed by atoms with Gasteiger partial charge >= 0.3 is 6.09 Å². The average Bonchev–Trinajstić information content (AvgIpc) is 2.93. The summed E-state index contributed by atoms with van der Waals surface area (Å²) in [5.41, 5.74) is 0.112. The number of nitrogens with one attached hydrogen (secondary N) is 1. The third-order valence-corrected chi connectivity index (χ3v) is 9.97. The zero-order chi connectivity index (χ0) is 30.5. The summed E-state index contributed by atoms with van der Waals surface area (Å²) in [5.74, 6) is -0.848. The molecule has 12 nitrogen and oxygen atoms in total. The first kappa shape index (κ1) is 33.6. The molecule has 2 aliphatic rings. The molecule has 14 heteroatoms. The van der Waals surface area contributed by atoms with Gasteiger partial charge in [0.25, 0.3) is 10.1 Å². The number of aliphatic hydroxyl groups excluding tert-OH is 3. The second kappa shape index (κ2) is 14.5. The van der Waals surface area contributed by atoms with Crippen molar-refractivity contribution in [3.05, 3.63) is 29.8 Å². The number of rotatable bonds is 11. The van der Waals surface area contributed by atoms with Crippen molar-refractivity contribution in [1.29, 1.82) is 0 Å². The van der Waals surface area contributed by atoms with E-state index in [0.29, 0.717) is 19.3 Å². The highest BCUT2D eigenvalue weighted by Crippen LogP contribution is 2.32. The molecular formula is C27H42N2O10S2. The maximum Gasteiger partial charge on any atom is 0.407 e. The van der Waals surface area contributed by atoms with Crippen LogP contribution in [-0.2, 0) is 23.8 Å². The Kier molecular flexibility index (Phi) is 11.9. The van der Waals surface area contributed by atoms with E-state index in [-0.39, 0.29) is 36.3 Å². The Hall–Kier alpha value is -1.94. The molecule has 1 aromatic carbocycles. The number of carbonyl (C=O) groups is 2. The van der Waals surface area contributed by atoms with Crippen molar-refractivity contribution in [1.82, 2.24) is 10.2 Å². The molecular weight excluding hydrogens is 576 g/mol. The minimum Gasteiger partial charge on any atom is -0.465 e. The lowest BCUT2D eigenvalue weighted by molar-refractivity contribution is -0.208. The summed E-state index contributed by atoms with van der Waals surface area (Å²) >= 11 is 1.16. The number of nitrogens with zero attached hydrogens (tertiary/aromatic N) is 1. The van der Waals surface area contributed by atoms with E-state index in [1.165, 1.54) is 12.1 Å². The van der Waals surface area contributed by atoms with Gasteiger partial charge in [-0.2, -0.15) is 8.42 Å². The standard InChI is InChI=1S/C27H42N2O10S2/c1-15(2)20(24-22(31)21(30)23(32)26(39-24)40-4)28-25(33)19-14-17(11-12-29(19)27(34)35)6-5-13-38-41(36,37)18-9-7-16(3)8-10-18/h7-10,15,17,19-24,26,30-32H,5-6,11-14H2,1-4H3,(H,28,33)(H,34,35). The van der Waals surface area contributed by atoms with Gasteiger partial charge in [-0.25, -0.2) is 4.79 Å². The van der Waals surface area contributed by atoms with Crippen molar-refractivity contribution in [2.75, 3.05) is 19.4 Å². The fourth-order valence-electron chi connectivity index (χ4n) is 5.35. The second-order valence-corrected chi connectivity index (χ2v) is 13.6. The number of hydrogen-bond donors (Lipinski definition) is 5. The van der Waals surface area contributed by atoms with E-state index in [0.717, 1.165) is 22.2 Å². The smallest absolute Gasteiger partial charge is 0.407 e. The number of piperidine rings is 1. The molecule has 2 heterocycles. The summed E-state index contributed by atoms with van der Waals surface area (Å²) in [6.07, 6.45) is -3.13. The zero-order valence-electron chi connectivity index (χ0n) is 23.8. The highest BCUT2D eigenvalue weighted by atomic mass is 32.2. The van der Waals surface area contributed by atoms with Crippen LogP contribution < -0.4 is 5.32 Å². The first-order valence-corrected chi connectivity index (χ1v) is 16.4. The molecule has 8 unspecified atom stereocenters. The van der Waals surface area contributed by atoms with Gasteiger partial charge in [0.15, 0.2) is 0 Å². The number of benzene rings is 1. The van der Waals surface area contributed by atoms with Crippen molar-refractivity contribution < 1.29 is 47.4 Å². The molecule has 0 aliphatic carbocycles. The van der Waals surface area contributed by atoms with Gasteiger partial charge in [0.1, 0.15) is 35.9 Å². The second-order valence-electron chi connectivity index (χ2n) is 11.1. The predicted octanol–water partition coefficient (Wildman–Crippen LogP) is 1.55. The van der Waals surface area contributed by atoms with Crippen LogP contribution in [0.5, 0.6) is 0 Å². The maximum absolute atomic E-state index is 13.5. The largest absolute Gasteiger partial charge is 0.465 e. The molecule has 0 saturated carbocycles. The summed E-state index contributed by atoms with van der Waals surface area (Å²) in [7, 11) is -3.89. The van der Waals surface area contributed by atoms with Crippen LogP contribution in [0.3, 0.4) is 0 Å². The van der Waals surface area contributed by atoms with Crippen molar-refractivity contribution in [2.45, 2.75) is 93.3 Å². The van der Waals surface area contributed by atoms with Gasteiger partial charge in [0.05, 0.1) is 17.5 Å². The Morgan fingerprint density at radius 2 is 1.80 bits per heavy atom. The number of aryl methyl sites for hydroxylation is 1. The van der Waals surface area contributed by atoms with Gasteiger partial charge in [0, 0.05) is 6.54 Å². The molecule has 2 fully saturated rings. The van der Waals surface area contributed by atoms with Crippen molar-refractivity contribution >= 4 is 33.9 Å². The van der Waals surface area contributed by atoms with Gasteiger partial charge in [0.2, 0.25) is 5.91 Å². The van der Waals surface area contributed by atoms with Crippen LogP contribution in [0, 0.1) is 18.8 Å². The van der Waals surface area contributed by atoms with Crippen molar-refractivity contribution in [3.63, 3.8) is 0 Å². The SMILES string of the molecule is CSC1OC(C(NC(=O)C2CC(CCCOS(=O)(=O)c3ccc(C)cc3)CCN2C(=O)O)C(C)C)C(O)C(O)C1O. The molecule has 0 bridgehead atoms. The summed E-state index contributed by atoms with van der Waals surface area (Å²) in [6, 6.07) is 4.58. The molecule has 0 radical (unpaired) electrons. The fourth-order valence-corrected chi connectivity index (χ4v) is 6.97. The lowest BCUT2D eigenvalue weighted by atomic mass is 9.86. The van der Waals surface area contributed by atoms with Crippen LogP contribution in [-0.4, -0.2) is 107 Å². The summed E-state index contributed by atoms with van der Waals surface area (Å²) < 4.78 is 35.9. The Morgan fingerprint density at radius 1 is 1.15 bits per heavy atom. The number of carbonyl (C=O) groups excluding carboxylic acids is 1. The van der Waals surface area contributed by atoms with Gasteiger partial charge in [-0.15, -0.1) is 11.8 Å². The zero-order valence-corrected chi connectivity index (χ0v) is 25.4. The van der Waals surface area contributed by atoms with Gasteiger partial charge in [-0.1, -0.05) is 31.5 Å². The van der Waals surface area contributed by atoms with E-state index >= 15 is 0 Å². The maximum atomic E-state index is 13.5. The Balaban J connectivity index is 1.63. The normalized spacial score (nSPS) is 29.8.